The molecule has 0 radical (unpaired) electrons. The first kappa shape index (κ1) is 18.8. The molecule has 1 rings (SSSR count). The molecule has 2 N–H and O–H groups in total. The van der Waals surface area contributed by atoms with E-state index in [9.17, 15) is 9.59 Å². The Morgan fingerprint density at radius 2 is 2.00 bits per heavy atom. The Morgan fingerprint density at radius 1 is 1.36 bits per heavy atom. The zero-order valence-corrected chi connectivity index (χ0v) is 14.3. The average Bonchev–Trinajstić information content (AvgIpc) is 2.49. The lowest BCUT2D eigenvalue weighted by Gasteiger charge is -2.26. The maximum absolute atomic E-state index is 12.4. The lowest BCUT2D eigenvalue weighted by Crippen LogP contribution is -2.50. The van der Waals surface area contributed by atoms with Gasteiger partial charge in [0, 0.05) is 35.7 Å². The fourth-order valence-electron chi connectivity index (χ4n) is 1.90. The van der Waals surface area contributed by atoms with E-state index < -0.39 is 6.04 Å². The second kappa shape index (κ2) is 9.71. The third kappa shape index (κ3) is 6.25. The molecule has 22 heavy (non-hydrogen) atoms. The van der Waals surface area contributed by atoms with Gasteiger partial charge in [-0.25, -0.2) is 0 Å². The van der Waals surface area contributed by atoms with Crippen LogP contribution in [0.1, 0.15) is 13.8 Å². The Labute approximate surface area is 140 Å². The van der Waals surface area contributed by atoms with Crippen LogP contribution < -0.4 is 5.32 Å². The van der Waals surface area contributed by atoms with Crippen molar-refractivity contribution in [3.63, 3.8) is 0 Å². The zero-order valence-electron chi connectivity index (χ0n) is 12.7. The highest BCUT2D eigenvalue weighted by Crippen LogP contribution is 2.21. The van der Waals surface area contributed by atoms with E-state index >= 15 is 0 Å². The molecule has 5 nitrogen and oxygen atoms in total. The van der Waals surface area contributed by atoms with Gasteiger partial charge in [0.2, 0.25) is 11.8 Å². The molecule has 0 aliphatic heterocycles. The topological polar surface area (TPSA) is 69.6 Å². The average molecular weight is 345 g/mol. The van der Waals surface area contributed by atoms with Crippen LogP contribution in [0.4, 0.5) is 0 Å². The van der Waals surface area contributed by atoms with Crippen LogP contribution in [-0.2, 0) is 9.59 Å². The highest BCUT2D eigenvalue weighted by molar-refractivity contribution is 7.99. The lowest BCUT2D eigenvalue weighted by atomic mass is 10.2. The summed E-state index contributed by atoms with van der Waals surface area (Å²) in [4.78, 5) is 26.3. The Hall–Kier alpha value is -1.24. The molecular formula is C15H21ClN2O3S. The van der Waals surface area contributed by atoms with Crippen molar-refractivity contribution >= 4 is 35.2 Å². The van der Waals surface area contributed by atoms with E-state index in [1.165, 1.54) is 23.6 Å². The van der Waals surface area contributed by atoms with Gasteiger partial charge >= 0.3 is 0 Å². The Balaban J connectivity index is 2.72. The van der Waals surface area contributed by atoms with Crippen LogP contribution in [-0.4, -0.2) is 53.3 Å². The number of hydrogen-bond donors (Lipinski definition) is 2. The molecule has 1 unspecified atom stereocenters. The molecule has 1 aromatic rings. The summed E-state index contributed by atoms with van der Waals surface area (Å²) >= 11 is 7.31. The number of aliphatic hydroxyl groups excluding tert-OH is 1. The van der Waals surface area contributed by atoms with Crippen LogP contribution in [0.25, 0.3) is 0 Å². The quantitative estimate of drug-likeness (QED) is 0.705. The van der Waals surface area contributed by atoms with E-state index in [0.29, 0.717) is 17.3 Å². The fourth-order valence-corrected chi connectivity index (χ4v) is 2.94. The summed E-state index contributed by atoms with van der Waals surface area (Å²) in [5.74, 6) is -0.0227. The third-order valence-electron chi connectivity index (χ3n) is 2.97. The number of aliphatic hydroxyl groups is 1. The first-order chi connectivity index (χ1) is 10.5. The molecule has 0 aromatic heterocycles. The molecule has 122 valence electrons. The van der Waals surface area contributed by atoms with Crippen LogP contribution in [0.15, 0.2) is 29.2 Å². The number of hydrogen-bond acceptors (Lipinski definition) is 4. The Bertz CT molecular complexity index is 496. The van der Waals surface area contributed by atoms with Gasteiger partial charge in [-0.15, -0.1) is 11.8 Å². The van der Waals surface area contributed by atoms with Gasteiger partial charge in [0.1, 0.15) is 6.04 Å². The number of likely N-dealkylation sites (N-methyl/N-ethyl adjacent to an activating group) is 1. The van der Waals surface area contributed by atoms with E-state index in [-0.39, 0.29) is 25.0 Å². The number of amides is 2. The summed E-state index contributed by atoms with van der Waals surface area (Å²) in [6.07, 6.45) is 0. The normalized spacial score (nSPS) is 11.8. The molecule has 0 saturated heterocycles. The van der Waals surface area contributed by atoms with E-state index in [0.717, 1.165) is 4.90 Å². The number of rotatable bonds is 8. The van der Waals surface area contributed by atoms with Crippen LogP contribution in [0.2, 0.25) is 5.02 Å². The van der Waals surface area contributed by atoms with Crippen molar-refractivity contribution in [2.75, 3.05) is 25.4 Å². The predicted molar refractivity (Wildman–Crippen MR) is 89.1 cm³/mol. The van der Waals surface area contributed by atoms with Gasteiger partial charge in [-0.3, -0.25) is 9.59 Å². The molecule has 0 heterocycles. The monoisotopic (exact) mass is 344 g/mol. The number of thioether (sulfide) groups is 1. The fraction of sp³-hybridized carbons (Fsp3) is 0.467. The van der Waals surface area contributed by atoms with Gasteiger partial charge in [0.05, 0.1) is 6.61 Å². The largest absolute Gasteiger partial charge is 0.395 e. The van der Waals surface area contributed by atoms with Crippen LogP contribution in [0.3, 0.4) is 0 Å². The molecule has 0 saturated carbocycles. The van der Waals surface area contributed by atoms with Crippen molar-refractivity contribution in [2.24, 2.45) is 0 Å². The number of carbonyl (C=O) groups excluding carboxylic acids is 2. The number of halogens is 1. The summed E-state index contributed by atoms with van der Waals surface area (Å²) in [5, 5.41) is 12.3. The van der Waals surface area contributed by atoms with Crippen molar-refractivity contribution in [3.8, 4) is 0 Å². The number of carbonyl (C=O) groups is 2. The molecule has 0 spiro atoms. The lowest BCUT2D eigenvalue weighted by molar-refractivity contribution is -0.135. The van der Waals surface area contributed by atoms with Crippen molar-refractivity contribution in [1.82, 2.24) is 10.2 Å². The molecule has 0 bridgehead atoms. The second-order valence-corrected chi connectivity index (χ2v) is 6.19. The van der Waals surface area contributed by atoms with Crippen molar-refractivity contribution in [2.45, 2.75) is 24.8 Å². The molecule has 2 amide bonds. The van der Waals surface area contributed by atoms with E-state index in [4.69, 9.17) is 16.7 Å². The Morgan fingerprint density at radius 3 is 2.50 bits per heavy atom. The molecule has 1 atom stereocenters. The summed E-state index contributed by atoms with van der Waals surface area (Å²) in [7, 11) is 0. The maximum Gasteiger partial charge on any atom is 0.246 e. The predicted octanol–water partition coefficient (Wildman–Crippen LogP) is 1.78. The smallest absolute Gasteiger partial charge is 0.246 e. The highest BCUT2D eigenvalue weighted by Gasteiger charge is 2.24. The zero-order chi connectivity index (χ0) is 16.5. The number of benzene rings is 1. The summed E-state index contributed by atoms with van der Waals surface area (Å²) in [6, 6.07) is 6.68. The summed E-state index contributed by atoms with van der Waals surface area (Å²) < 4.78 is 0. The van der Waals surface area contributed by atoms with Crippen LogP contribution >= 0.6 is 23.4 Å². The van der Waals surface area contributed by atoms with Gasteiger partial charge in [-0.05, 0) is 31.2 Å². The first-order valence-corrected chi connectivity index (χ1v) is 8.39. The van der Waals surface area contributed by atoms with Gasteiger partial charge < -0.3 is 15.3 Å². The van der Waals surface area contributed by atoms with Crippen molar-refractivity contribution in [1.29, 1.82) is 0 Å². The van der Waals surface area contributed by atoms with Crippen molar-refractivity contribution < 1.29 is 14.7 Å². The van der Waals surface area contributed by atoms with Crippen molar-refractivity contribution in [3.05, 3.63) is 29.3 Å². The van der Waals surface area contributed by atoms with Gasteiger partial charge in [0.15, 0.2) is 0 Å². The SMILES string of the molecule is CCN(CCO)C(=O)C(CSc1ccc(Cl)cc1)NC(C)=O. The maximum atomic E-state index is 12.4. The summed E-state index contributed by atoms with van der Waals surface area (Å²) in [5.41, 5.74) is 0. The molecular weight excluding hydrogens is 324 g/mol. The number of nitrogens with one attached hydrogen (secondary N) is 1. The Kier molecular flexibility index (Phi) is 8.30. The minimum absolute atomic E-state index is 0.100. The first-order valence-electron chi connectivity index (χ1n) is 7.03. The van der Waals surface area contributed by atoms with Crippen LogP contribution in [0.5, 0.6) is 0 Å². The van der Waals surface area contributed by atoms with Gasteiger partial charge in [0.25, 0.3) is 0 Å². The third-order valence-corrected chi connectivity index (χ3v) is 4.33. The van der Waals surface area contributed by atoms with E-state index in [1.54, 1.807) is 12.1 Å². The molecule has 0 fully saturated rings. The molecule has 0 aliphatic carbocycles. The van der Waals surface area contributed by atoms with Gasteiger partial charge in [-0.1, -0.05) is 11.6 Å². The minimum Gasteiger partial charge on any atom is -0.395 e. The van der Waals surface area contributed by atoms with Gasteiger partial charge in [-0.2, -0.15) is 0 Å². The molecule has 7 heteroatoms. The van der Waals surface area contributed by atoms with Crippen LogP contribution in [0, 0.1) is 0 Å². The highest BCUT2D eigenvalue weighted by atomic mass is 35.5. The second-order valence-electron chi connectivity index (χ2n) is 4.66. The molecule has 1 aromatic carbocycles. The van der Waals surface area contributed by atoms with E-state index in [1.807, 2.05) is 19.1 Å². The molecule has 0 aliphatic rings. The van der Waals surface area contributed by atoms with E-state index in [2.05, 4.69) is 5.32 Å². The standard InChI is InChI=1S/C15H21ClN2O3S/c1-3-18(8-9-19)15(21)14(17-11(2)20)10-22-13-6-4-12(16)5-7-13/h4-7,14,19H,3,8-10H2,1-2H3,(H,17,20). The minimum atomic E-state index is -0.621. The summed E-state index contributed by atoms with van der Waals surface area (Å²) in [6.45, 7) is 3.87. The number of nitrogens with zero attached hydrogens (tertiary/aromatic N) is 1.